The van der Waals surface area contributed by atoms with E-state index in [0.29, 0.717) is 42.5 Å². The van der Waals surface area contributed by atoms with E-state index in [1.54, 1.807) is 0 Å². The van der Waals surface area contributed by atoms with Crippen LogP contribution in [0.5, 0.6) is 0 Å². The van der Waals surface area contributed by atoms with Gasteiger partial charge in [0.25, 0.3) is 0 Å². The molecule has 0 saturated heterocycles. The predicted octanol–water partition coefficient (Wildman–Crippen LogP) is 6.53. The summed E-state index contributed by atoms with van der Waals surface area (Å²) in [4.78, 5) is 0. The van der Waals surface area contributed by atoms with Crippen LogP contribution in [0.25, 0.3) is 0 Å². The molecule has 0 aliphatic heterocycles. The van der Waals surface area contributed by atoms with Gasteiger partial charge in [0.15, 0.2) is 0 Å². The van der Waals surface area contributed by atoms with E-state index in [9.17, 15) is 35.1 Å². The van der Waals surface area contributed by atoms with E-state index < -0.39 is 50.4 Å². The lowest BCUT2D eigenvalue weighted by Crippen LogP contribution is -2.38. The summed E-state index contributed by atoms with van der Waals surface area (Å²) in [6.45, 7) is 0. The lowest BCUT2D eigenvalue weighted by molar-refractivity contribution is -0.227. The highest BCUT2D eigenvalue weighted by Gasteiger charge is 2.62. The molecular weight excluding hydrogens is 424 g/mol. The minimum Gasteiger partial charge on any atom is -0.194 e. The second-order valence-corrected chi connectivity index (χ2v) is 6.42. The zero-order chi connectivity index (χ0) is 18.8. The largest absolute Gasteiger partial charge is 0.340 e. The molecule has 134 valence electrons. The van der Waals surface area contributed by atoms with E-state index in [-0.39, 0.29) is 0 Å². The van der Waals surface area contributed by atoms with Gasteiger partial charge >= 0.3 is 23.7 Å². The summed E-state index contributed by atoms with van der Waals surface area (Å²) in [5, 5.41) is 0. The van der Waals surface area contributed by atoms with Crippen molar-refractivity contribution in [3.05, 3.63) is 69.2 Å². The molecule has 6 rings (SSSR count). The maximum atomic E-state index is 14.4. The smallest absolute Gasteiger partial charge is 0.194 e. The molecule has 0 aromatic heterocycles. The van der Waals surface area contributed by atoms with E-state index in [2.05, 4.69) is 15.9 Å². The molecule has 2 aromatic carbocycles. The van der Waals surface area contributed by atoms with Crippen molar-refractivity contribution in [3.8, 4) is 0 Å². The van der Waals surface area contributed by atoms with Crippen LogP contribution in [0.15, 0.2) is 46.9 Å². The van der Waals surface area contributed by atoms with Crippen LogP contribution >= 0.6 is 15.9 Å². The van der Waals surface area contributed by atoms with Gasteiger partial charge in [0, 0.05) is 26.7 Å². The summed E-state index contributed by atoms with van der Waals surface area (Å²) in [6.07, 6.45) is 0. The Hall–Kier alpha value is -1.64. The van der Waals surface area contributed by atoms with E-state index in [1.165, 1.54) is 0 Å². The molecule has 0 unspecified atom stereocenters. The number of hydrogen-bond donors (Lipinski definition) is 0. The number of alkyl halides is 8. The van der Waals surface area contributed by atoms with Crippen LogP contribution in [0.4, 0.5) is 35.1 Å². The SMILES string of the molecule is FC1(F)c2ccc(cc2)C(F)(F)C(F)(F)c2ccc(cc2Br)C1(F)F. The Bertz CT molecular complexity index is 827. The molecule has 0 heterocycles. The molecule has 0 amide bonds. The standard InChI is InChI=1S/C16H7BrF8/c17-12-7-10-5-6-11(12)16(24,25)14(20,21)9-3-1-8(2-4-9)13(18,19)15(10,22)23/h1-7H. The molecule has 2 aromatic rings. The molecule has 4 aliphatic rings. The summed E-state index contributed by atoms with van der Waals surface area (Å²) >= 11 is 2.51. The van der Waals surface area contributed by atoms with Crippen LogP contribution in [-0.4, -0.2) is 0 Å². The van der Waals surface area contributed by atoms with E-state index in [0.717, 1.165) is 0 Å². The van der Waals surface area contributed by atoms with Crippen molar-refractivity contribution < 1.29 is 35.1 Å². The topological polar surface area (TPSA) is 0 Å². The first kappa shape index (κ1) is 18.2. The third-order valence-corrected chi connectivity index (χ3v) is 4.72. The van der Waals surface area contributed by atoms with E-state index >= 15 is 0 Å². The van der Waals surface area contributed by atoms with Crippen LogP contribution in [0.2, 0.25) is 0 Å². The Morgan fingerprint density at radius 3 is 1.32 bits per heavy atom. The van der Waals surface area contributed by atoms with Crippen molar-refractivity contribution in [1.82, 2.24) is 0 Å². The van der Waals surface area contributed by atoms with Gasteiger partial charge in [-0.1, -0.05) is 52.3 Å². The van der Waals surface area contributed by atoms with Gasteiger partial charge in [0.2, 0.25) is 0 Å². The Labute approximate surface area is 144 Å². The lowest BCUT2D eigenvalue weighted by atomic mass is 9.89. The van der Waals surface area contributed by atoms with Crippen molar-refractivity contribution in [2.24, 2.45) is 0 Å². The fourth-order valence-corrected chi connectivity index (χ4v) is 3.19. The average molecular weight is 431 g/mol. The minimum absolute atomic E-state index is 0.297. The maximum Gasteiger partial charge on any atom is 0.340 e. The van der Waals surface area contributed by atoms with Gasteiger partial charge in [-0.15, -0.1) is 0 Å². The predicted molar refractivity (Wildman–Crippen MR) is 76.2 cm³/mol. The van der Waals surface area contributed by atoms with Gasteiger partial charge in [0.1, 0.15) is 0 Å². The van der Waals surface area contributed by atoms with Gasteiger partial charge in [-0.3, -0.25) is 0 Å². The van der Waals surface area contributed by atoms with Crippen molar-refractivity contribution in [2.75, 3.05) is 0 Å². The van der Waals surface area contributed by atoms with Gasteiger partial charge in [-0.2, -0.15) is 35.1 Å². The lowest BCUT2D eigenvalue weighted by Gasteiger charge is -2.32. The molecular formula is C16H7BrF8. The summed E-state index contributed by atoms with van der Waals surface area (Å²) in [6, 6.07) is 2.11. The van der Waals surface area contributed by atoms with Crippen LogP contribution in [0.1, 0.15) is 22.3 Å². The van der Waals surface area contributed by atoms with Crippen LogP contribution in [0.3, 0.4) is 0 Å². The molecule has 9 heteroatoms. The number of hydrogen-bond acceptors (Lipinski definition) is 0. The fourth-order valence-electron chi connectivity index (χ4n) is 2.57. The van der Waals surface area contributed by atoms with Crippen LogP contribution in [0, 0.1) is 0 Å². The van der Waals surface area contributed by atoms with Gasteiger partial charge in [0.05, 0.1) is 0 Å². The van der Waals surface area contributed by atoms with Gasteiger partial charge in [-0.05, 0) is 6.07 Å². The molecule has 4 aliphatic carbocycles. The molecule has 0 atom stereocenters. The molecule has 0 N–H and O–H groups in total. The second kappa shape index (κ2) is 5.18. The highest BCUT2D eigenvalue weighted by molar-refractivity contribution is 9.10. The van der Waals surface area contributed by atoms with Crippen molar-refractivity contribution in [3.63, 3.8) is 0 Å². The monoisotopic (exact) mass is 430 g/mol. The summed E-state index contributed by atoms with van der Waals surface area (Å²) in [5.74, 6) is -19.0. The maximum absolute atomic E-state index is 14.4. The fraction of sp³-hybridized carbons (Fsp3) is 0.250. The number of benzene rings is 2. The normalized spacial score (nSPS) is 22.3. The summed E-state index contributed by atoms with van der Waals surface area (Å²) < 4.78 is 114. The van der Waals surface area contributed by atoms with E-state index in [4.69, 9.17) is 0 Å². The van der Waals surface area contributed by atoms with Gasteiger partial charge < -0.3 is 0 Å². The molecule has 0 fully saturated rings. The Kier molecular flexibility index (Phi) is 3.77. The second-order valence-electron chi connectivity index (χ2n) is 5.57. The molecule has 0 nitrogen and oxygen atoms in total. The molecule has 25 heavy (non-hydrogen) atoms. The minimum atomic E-state index is -4.76. The number of halogens is 9. The third kappa shape index (κ3) is 2.31. The Morgan fingerprint density at radius 2 is 0.880 bits per heavy atom. The summed E-state index contributed by atoms with van der Waals surface area (Å²) in [5.41, 5.74) is -5.10. The van der Waals surface area contributed by atoms with Crippen LogP contribution in [-0.2, 0) is 23.7 Å². The van der Waals surface area contributed by atoms with E-state index in [1.807, 2.05) is 0 Å². The highest BCUT2D eigenvalue weighted by atomic mass is 79.9. The first-order chi connectivity index (χ1) is 11.3. The Balaban J connectivity index is 2.41. The number of rotatable bonds is 0. The summed E-state index contributed by atoms with van der Waals surface area (Å²) in [7, 11) is 0. The molecule has 0 radical (unpaired) electrons. The zero-order valence-corrected chi connectivity index (χ0v) is 13.5. The zero-order valence-electron chi connectivity index (χ0n) is 11.9. The molecule has 0 spiro atoms. The van der Waals surface area contributed by atoms with Crippen molar-refractivity contribution in [1.29, 1.82) is 0 Å². The Morgan fingerprint density at radius 1 is 0.520 bits per heavy atom. The van der Waals surface area contributed by atoms with Gasteiger partial charge in [-0.25, -0.2) is 0 Å². The average Bonchev–Trinajstić information content (AvgIpc) is 2.53. The van der Waals surface area contributed by atoms with Crippen molar-refractivity contribution in [2.45, 2.75) is 23.7 Å². The quantitative estimate of drug-likeness (QED) is 0.416. The van der Waals surface area contributed by atoms with Crippen molar-refractivity contribution >= 4 is 15.9 Å². The third-order valence-electron chi connectivity index (χ3n) is 4.07. The first-order valence-electron chi connectivity index (χ1n) is 6.76. The van der Waals surface area contributed by atoms with Crippen LogP contribution < -0.4 is 0 Å². The first-order valence-corrected chi connectivity index (χ1v) is 7.55. The highest BCUT2D eigenvalue weighted by Crippen LogP contribution is 2.55. The molecule has 4 bridgehead atoms. The molecule has 0 saturated carbocycles.